The van der Waals surface area contributed by atoms with Crippen LogP contribution in [-0.4, -0.2) is 16.9 Å². The van der Waals surface area contributed by atoms with Gasteiger partial charge >= 0.3 is 0 Å². The molecule has 1 heterocycles. The Balaban J connectivity index is 2.43. The Morgan fingerprint density at radius 2 is 1.95 bits per heavy atom. The molecule has 0 saturated carbocycles. The van der Waals surface area contributed by atoms with Gasteiger partial charge in [0.1, 0.15) is 5.75 Å². The van der Waals surface area contributed by atoms with Crippen LogP contribution in [-0.2, 0) is 0 Å². The summed E-state index contributed by atoms with van der Waals surface area (Å²) in [6, 6.07) is 5.86. The molecule has 0 aliphatic heterocycles. The summed E-state index contributed by atoms with van der Waals surface area (Å²) in [5.74, 6) is 0.789. The third-order valence-electron chi connectivity index (χ3n) is 3.11. The Kier molecular flexibility index (Phi) is 4.88. The predicted octanol–water partition coefficient (Wildman–Crippen LogP) is 4.05. The van der Waals surface area contributed by atoms with E-state index in [1.807, 2.05) is 22.9 Å². The van der Waals surface area contributed by atoms with E-state index >= 15 is 0 Å². The fourth-order valence-corrected chi connectivity index (χ4v) is 3.17. The van der Waals surface area contributed by atoms with Crippen molar-refractivity contribution < 1.29 is 4.74 Å². The molecule has 0 fully saturated rings. The van der Waals surface area contributed by atoms with E-state index in [1.54, 1.807) is 13.3 Å². The van der Waals surface area contributed by atoms with Crippen LogP contribution in [0.15, 0.2) is 33.3 Å². The molecule has 1 aromatic carbocycles. The molecular formula is C14H17Br2N3O. The van der Waals surface area contributed by atoms with Gasteiger partial charge in [0.15, 0.2) is 0 Å². The number of nitrogens with zero attached hydrogens (tertiary/aromatic N) is 2. The summed E-state index contributed by atoms with van der Waals surface area (Å²) in [5, 5.41) is 4.37. The molecule has 0 amide bonds. The van der Waals surface area contributed by atoms with Gasteiger partial charge in [-0.15, -0.1) is 0 Å². The highest BCUT2D eigenvalue weighted by Crippen LogP contribution is 2.32. The van der Waals surface area contributed by atoms with Crippen molar-refractivity contribution in [1.82, 2.24) is 9.78 Å². The molecule has 6 heteroatoms. The normalized spacial score (nSPS) is 12.8. The van der Waals surface area contributed by atoms with Gasteiger partial charge in [-0.3, -0.25) is 4.68 Å². The highest BCUT2D eigenvalue weighted by atomic mass is 79.9. The van der Waals surface area contributed by atoms with Gasteiger partial charge in [-0.05, 0) is 63.4 Å². The Hall–Kier alpha value is -0.850. The Labute approximate surface area is 135 Å². The Morgan fingerprint density at radius 1 is 1.25 bits per heavy atom. The third-order valence-corrected chi connectivity index (χ3v) is 4.34. The quantitative estimate of drug-likeness (QED) is 0.839. The van der Waals surface area contributed by atoms with Crippen LogP contribution in [0.4, 0.5) is 0 Å². The first-order valence-electron chi connectivity index (χ1n) is 6.27. The molecule has 4 nitrogen and oxygen atoms in total. The maximum atomic E-state index is 6.41. The molecule has 2 aromatic rings. The van der Waals surface area contributed by atoms with Crippen LogP contribution in [0.25, 0.3) is 0 Å². The fraction of sp³-hybridized carbons (Fsp3) is 0.357. The molecular weight excluding hydrogens is 386 g/mol. The average Bonchev–Trinajstić information content (AvgIpc) is 2.80. The van der Waals surface area contributed by atoms with Crippen molar-refractivity contribution in [3.8, 4) is 5.75 Å². The molecule has 0 saturated heterocycles. The summed E-state index contributed by atoms with van der Waals surface area (Å²) in [6.45, 7) is 4.17. The van der Waals surface area contributed by atoms with Crippen molar-refractivity contribution in [2.24, 2.45) is 5.73 Å². The van der Waals surface area contributed by atoms with Gasteiger partial charge in [-0.2, -0.15) is 5.10 Å². The standard InChI is InChI=1S/C14H17Br2N3O/c1-8(2)19-14(11(16)7-18-19)13(17)9-4-5-12(20-3)10(15)6-9/h4-8,13H,17H2,1-3H3. The molecule has 2 N–H and O–H groups in total. The van der Waals surface area contributed by atoms with Crippen LogP contribution in [0.5, 0.6) is 5.75 Å². The van der Waals surface area contributed by atoms with Gasteiger partial charge in [-0.1, -0.05) is 6.07 Å². The lowest BCUT2D eigenvalue weighted by Gasteiger charge is -2.18. The van der Waals surface area contributed by atoms with Crippen molar-refractivity contribution in [2.45, 2.75) is 25.9 Å². The Bertz CT molecular complexity index is 610. The number of rotatable bonds is 4. The first kappa shape index (κ1) is 15.5. The first-order valence-corrected chi connectivity index (χ1v) is 7.86. The van der Waals surface area contributed by atoms with Crippen LogP contribution in [0, 0.1) is 0 Å². The van der Waals surface area contributed by atoms with Gasteiger partial charge in [0.05, 0.1) is 34.0 Å². The van der Waals surface area contributed by atoms with E-state index < -0.39 is 0 Å². The zero-order chi connectivity index (χ0) is 14.9. The minimum absolute atomic E-state index is 0.253. The van der Waals surface area contributed by atoms with Gasteiger partial charge in [0.2, 0.25) is 0 Å². The van der Waals surface area contributed by atoms with Crippen LogP contribution in [0.1, 0.15) is 37.2 Å². The number of hydrogen-bond donors (Lipinski definition) is 1. The smallest absolute Gasteiger partial charge is 0.133 e. The van der Waals surface area contributed by atoms with E-state index in [0.717, 1.165) is 26.0 Å². The second-order valence-corrected chi connectivity index (χ2v) is 6.50. The summed E-state index contributed by atoms with van der Waals surface area (Å²) in [6.07, 6.45) is 1.79. The number of aromatic nitrogens is 2. The van der Waals surface area contributed by atoms with E-state index in [1.165, 1.54) is 0 Å². The largest absolute Gasteiger partial charge is 0.496 e. The molecule has 108 valence electrons. The molecule has 2 rings (SSSR count). The second-order valence-electron chi connectivity index (χ2n) is 4.79. The molecule has 0 spiro atoms. The summed E-state index contributed by atoms with van der Waals surface area (Å²) >= 11 is 7.02. The molecule has 0 radical (unpaired) electrons. The number of benzene rings is 1. The van der Waals surface area contributed by atoms with E-state index in [-0.39, 0.29) is 12.1 Å². The molecule has 1 unspecified atom stereocenters. The lowest BCUT2D eigenvalue weighted by atomic mass is 10.0. The van der Waals surface area contributed by atoms with Crippen molar-refractivity contribution in [3.63, 3.8) is 0 Å². The number of ether oxygens (including phenoxy) is 1. The number of methoxy groups -OCH3 is 1. The maximum Gasteiger partial charge on any atom is 0.133 e. The maximum absolute atomic E-state index is 6.41. The Morgan fingerprint density at radius 3 is 2.50 bits per heavy atom. The van der Waals surface area contributed by atoms with Crippen LogP contribution in [0.3, 0.4) is 0 Å². The first-order chi connectivity index (χ1) is 9.45. The zero-order valence-electron chi connectivity index (χ0n) is 11.6. The fourth-order valence-electron chi connectivity index (χ4n) is 2.09. The van der Waals surface area contributed by atoms with Gasteiger partial charge in [-0.25, -0.2) is 0 Å². The van der Waals surface area contributed by atoms with Gasteiger partial charge < -0.3 is 10.5 Å². The topological polar surface area (TPSA) is 53.1 Å². The van der Waals surface area contributed by atoms with E-state index in [4.69, 9.17) is 10.5 Å². The molecule has 0 bridgehead atoms. The number of hydrogen-bond acceptors (Lipinski definition) is 3. The number of halogens is 2. The zero-order valence-corrected chi connectivity index (χ0v) is 14.8. The van der Waals surface area contributed by atoms with Crippen LogP contribution >= 0.6 is 31.9 Å². The van der Waals surface area contributed by atoms with Crippen LogP contribution in [0.2, 0.25) is 0 Å². The van der Waals surface area contributed by atoms with Gasteiger partial charge in [0.25, 0.3) is 0 Å². The van der Waals surface area contributed by atoms with E-state index in [0.29, 0.717) is 0 Å². The highest BCUT2D eigenvalue weighted by Gasteiger charge is 2.20. The minimum Gasteiger partial charge on any atom is -0.496 e. The van der Waals surface area contributed by atoms with Crippen molar-refractivity contribution >= 4 is 31.9 Å². The van der Waals surface area contributed by atoms with Crippen molar-refractivity contribution in [1.29, 1.82) is 0 Å². The number of nitrogens with two attached hydrogens (primary N) is 1. The van der Waals surface area contributed by atoms with E-state index in [2.05, 4.69) is 50.8 Å². The van der Waals surface area contributed by atoms with Crippen molar-refractivity contribution in [3.05, 3.63) is 44.6 Å². The third kappa shape index (κ3) is 2.92. The van der Waals surface area contributed by atoms with E-state index in [9.17, 15) is 0 Å². The monoisotopic (exact) mass is 401 g/mol. The summed E-state index contributed by atoms with van der Waals surface area (Å²) in [4.78, 5) is 0. The average molecular weight is 403 g/mol. The summed E-state index contributed by atoms with van der Waals surface area (Å²) < 4.78 is 8.99. The predicted molar refractivity (Wildman–Crippen MR) is 87.0 cm³/mol. The molecule has 1 atom stereocenters. The lowest BCUT2D eigenvalue weighted by Crippen LogP contribution is -2.19. The molecule has 20 heavy (non-hydrogen) atoms. The molecule has 0 aliphatic rings. The lowest BCUT2D eigenvalue weighted by molar-refractivity contribution is 0.412. The van der Waals surface area contributed by atoms with Crippen molar-refractivity contribution in [2.75, 3.05) is 7.11 Å². The molecule has 0 aliphatic carbocycles. The second kappa shape index (κ2) is 6.28. The highest BCUT2D eigenvalue weighted by molar-refractivity contribution is 9.10. The summed E-state index contributed by atoms with van der Waals surface area (Å²) in [5.41, 5.74) is 8.38. The van der Waals surface area contributed by atoms with Gasteiger partial charge in [0, 0.05) is 6.04 Å². The van der Waals surface area contributed by atoms with Crippen LogP contribution < -0.4 is 10.5 Å². The summed E-state index contributed by atoms with van der Waals surface area (Å²) in [7, 11) is 1.64. The molecule has 1 aromatic heterocycles. The minimum atomic E-state index is -0.253. The SMILES string of the molecule is COc1ccc(C(N)c2c(Br)cnn2C(C)C)cc1Br.